The lowest BCUT2D eigenvalue weighted by molar-refractivity contribution is 0.399. The first-order chi connectivity index (χ1) is 8.33. The van der Waals surface area contributed by atoms with E-state index in [2.05, 4.69) is 30.4 Å². The van der Waals surface area contributed by atoms with Crippen LogP contribution in [-0.2, 0) is 6.42 Å². The van der Waals surface area contributed by atoms with E-state index >= 15 is 0 Å². The zero-order valence-corrected chi connectivity index (χ0v) is 11.0. The monoisotopic (exact) mass is 246 g/mol. The Morgan fingerprint density at radius 3 is 3.12 bits per heavy atom. The largest absolute Gasteiger partial charge is 0.314 e. The lowest BCUT2D eigenvalue weighted by Crippen LogP contribution is -2.35. The maximum atomic E-state index is 4.78. The Labute approximate surface area is 106 Å². The highest BCUT2D eigenvalue weighted by atomic mass is 32.1. The van der Waals surface area contributed by atoms with Crippen LogP contribution in [0.15, 0.2) is 18.2 Å². The summed E-state index contributed by atoms with van der Waals surface area (Å²) in [5.74, 6) is 0. The maximum Gasteiger partial charge on any atom is 0.0954 e. The molecule has 0 saturated carbocycles. The Balaban J connectivity index is 1.83. The van der Waals surface area contributed by atoms with Crippen LogP contribution < -0.4 is 5.32 Å². The number of aromatic nitrogens is 1. The molecule has 1 aromatic carbocycles. The van der Waals surface area contributed by atoms with E-state index in [0.717, 1.165) is 6.42 Å². The fraction of sp³-hybridized carbons (Fsp3) is 0.500. The number of hydrogen-bond donors (Lipinski definition) is 1. The van der Waals surface area contributed by atoms with Gasteiger partial charge in [0, 0.05) is 12.5 Å². The first kappa shape index (κ1) is 11.2. The molecule has 0 radical (unpaired) electrons. The predicted octanol–water partition coefficient (Wildman–Crippen LogP) is 3.29. The van der Waals surface area contributed by atoms with E-state index < -0.39 is 0 Å². The smallest absolute Gasteiger partial charge is 0.0954 e. The van der Waals surface area contributed by atoms with E-state index in [9.17, 15) is 0 Å². The number of nitrogens with zero attached hydrogens (tertiary/aromatic N) is 1. The molecule has 2 aromatic rings. The van der Waals surface area contributed by atoms with Gasteiger partial charge in [-0.25, -0.2) is 4.98 Å². The average Bonchev–Trinajstić information content (AvgIpc) is 2.74. The predicted molar refractivity (Wildman–Crippen MR) is 73.7 cm³/mol. The van der Waals surface area contributed by atoms with Crippen LogP contribution in [0, 0.1) is 6.92 Å². The topological polar surface area (TPSA) is 24.9 Å². The molecule has 0 bridgehead atoms. The molecule has 2 nitrogen and oxygen atoms in total. The summed E-state index contributed by atoms with van der Waals surface area (Å²) >= 11 is 1.85. The van der Waals surface area contributed by atoms with Crippen molar-refractivity contribution in [3.8, 4) is 0 Å². The third-order valence-corrected chi connectivity index (χ3v) is 4.54. The van der Waals surface area contributed by atoms with E-state index in [-0.39, 0.29) is 0 Å². The number of thiazole rings is 1. The number of nitrogens with one attached hydrogen (secondary N) is 1. The van der Waals surface area contributed by atoms with E-state index in [1.165, 1.54) is 46.6 Å². The molecule has 17 heavy (non-hydrogen) atoms. The molecular formula is C14H18N2S. The summed E-state index contributed by atoms with van der Waals surface area (Å²) in [6.07, 6.45) is 5.09. The second-order valence-electron chi connectivity index (χ2n) is 4.88. The van der Waals surface area contributed by atoms with E-state index in [1.807, 2.05) is 11.3 Å². The molecule has 1 saturated heterocycles. The Kier molecular flexibility index (Phi) is 3.12. The molecule has 90 valence electrons. The van der Waals surface area contributed by atoms with Gasteiger partial charge < -0.3 is 5.32 Å². The van der Waals surface area contributed by atoms with Crippen LogP contribution in [0.4, 0.5) is 0 Å². The quantitative estimate of drug-likeness (QED) is 0.879. The Bertz CT molecular complexity index is 512. The first-order valence-corrected chi connectivity index (χ1v) is 7.23. The van der Waals surface area contributed by atoms with Crippen LogP contribution in [0.3, 0.4) is 0 Å². The molecule has 2 heterocycles. The second-order valence-corrected chi connectivity index (χ2v) is 6.00. The van der Waals surface area contributed by atoms with Crippen molar-refractivity contribution in [1.29, 1.82) is 0 Å². The molecule has 1 atom stereocenters. The highest BCUT2D eigenvalue weighted by Crippen LogP contribution is 2.26. The van der Waals surface area contributed by atoms with Gasteiger partial charge in [-0.15, -0.1) is 11.3 Å². The molecule has 3 rings (SSSR count). The fourth-order valence-corrected chi connectivity index (χ4v) is 3.65. The van der Waals surface area contributed by atoms with Gasteiger partial charge in [0.15, 0.2) is 0 Å². The summed E-state index contributed by atoms with van der Waals surface area (Å²) in [7, 11) is 0. The summed E-state index contributed by atoms with van der Waals surface area (Å²) in [6.45, 7) is 3.32. The normalized spacial score (nSPS) is 20.9. The number of hydrogen-bond acceptors (Lipinski definition) is 3. The standard InChI is InChI=1S/C14H18N2S/c1-10-5-4-7-12-14(10)16-13(17-12)9-11-6-2-3-8-15-11/h4-5,7,11,15H,2-3,6,8-9H2,1H3. The van der Waals surface area contributed by atoms with Crippen molar-refractivity contribution in [3.05, 3.63) is 28.8 Å². The van der Waals surface area contributed by atoms with Crippen molar-refractivity contribution in [1.82, 2.24) is 10.3 Å². The number of rotatable bonds is 2. The van der Waals surface area contributed by atoms with Crippen LogP contribution in [0.1, 0.15) is 29.8 Å². The SMILES string of the molecule is Cc1cccc2sc(CC3CCCCN3)nc12. The summed E-state index contributed by atoms with van der Waals surface area (Å²) in [5.41, 5.74) is 2.49. The van der Waals surface area contributed by atoms with Crippen LogP contribution >= 0.6 is 11.3 Å². The minimum absolute atomic E-state index is 0.643. The molecule has 1 aromatic heterocycles. The number of para-hydroxylation sites is 1. The molecular weight excluding hydrogens is 228 g/mol. The first-order valence-electron chi connectivity index (χ1n) is 6.41. The lowest BCUT2D eigenvalue weighted by Gasteiger charge is -2.22. The summed E-state index contributed by atoms with van der Waals surface area (Å²) < 4.78 is 1.33. The molecule has 1 aliphatic rings. The highest BCUT2D eigenvalue weighted by Gasteiger charge is 2.15. The minimum atomic E-state index is 0.643. The molecule has 1 aliphatic heterocycles. The zero-order valence-electron chi connectivity index (χ0n) is 10.2. The van der Waals surface area contributed by atoms with E-state index in [0.29, 0.717) is 6.04 Å². The third kappa shape index (κ3) is 2.35. The van der Waals surface area contributed by atoms with Crippen LogP contribution in [0.25, 0.3) is 10.2 Å². The Hall–Kier alpha value is -0.930. The van der Waals surface area contributed by atoms with Crippen molar-refractivity contribution >= 4 is 21.6 Å². The van der Waals surface area contributed by atoms with Crippen LogP contribution in [-0.4, -0.2) is 17.6 Å². The molecule has 1 N–H and O–H groups in total. The van der Waals surface area contributed by atoms with Gasteiger partial charge in [-0.05, 0) is 37.9 Å². The summed E-state index contributed by atoms with van der Waals surface area (Å²) in [4.78, 5) is 4.78. The Morgan fingerprint density at radius 1 is 1.41 bits per heavy atom. The number of piperidine rings is 1. The Morgan fingerprint density at radius 2 is 2.35 bits per heavy atom. The van der Waals surface area contributed by atoms with Gasteiger partial charge in [-0.3, -0.25) is 0 Å². The molecule has 0 aliphatic carbocycles. The minimum Gasteiger partial charge on any atom is -0.314 e. The van der Waals surface area contributed by atoms with E-state index in [4.69, 9.17) is 4.98 Å². The van der Waals surface area contributed by atoms with Gasteiger partial charge in [0.1, 0.15) is 0 Å². The summed E-state index contributed by atoms with van der Waals surface area (Å²) in [6, 6.07) is 7.09. The average molecular weight is 246 g/mol. The van der Waals surface area contributed by atoms with E-state index in [1.54, 1.807) is 0 Å². The number of fused-ring (bicyclic) bond motifs is 1. The molecule has 1 fully saturated rings. The van der Waals surface area contributed by atoms with Crippen molar-refractivity contribution in [3.63, 3.8) is 0 Å². The summed E-state index contributed by atoms with van der Waals surface area (Å²) in [5, 5.41) is 4.88. The van der Waals surface area contributed by atoms with Crippen molar-refractivity contribution in [2.75, 3.05) is 6.54 Å². The molecule has 0 spiro atoms. The van der Waals surface area contributed by atoms with Gasteiger partial charge in [0.25, 0.3) is 0 Å². The third-order valence-electron chi connectivity index (χ3n) is 3.50. The van der Waals surface area contributed by atoms with Gasteiger partial charge in [-0.2, -0.15) is 0 Å². The van der Waals surface area contributed by atoms with Crippen molar-refractivity contribution in [2.45, 2.75) is 38.6 Å². The fourth-order valence-electron chi connectivity index (χ4n) is 2.53. The van der Waals surface area contributed by atoms with Crippen molar-refractivity contribution < 1.29 is 0 Å². The molecule has 3 heteroatoms. The van der Waals surface area contributed by atoms with Crippen molar-refractivity contribution in [2.24, 2.45) is 0 Å². The van der Waals surface area contributed by atoms with Gasteiger partial charge in [0.2, 0.25) is 0 Å². The van der Waals surface area contributed by atoms with Gasteiger partial charge in [-0.1, -0.05) is 18.6 Å². The highest BCUT2D eigenvalue weighted by molar-refractivity contribution is 7.18. The molecule has 1 unspecified atom stereocenters. The van der Waals surface area contributed by atoms with Crippen LogP contribution in [0.5, 0.6) is 0 Å². The van der Waals surface area contributed by atoms with Gasteiger partial charge >= 0.3 is 0 Å². The van der Waals surface area contributed by atoms with Crippen LogP contribution in [0.2, 0.25) is 0 Å². The number of benzene rings is 1. The zero-order chi connectivity index (χ0) is 11.7. The van der Waals surface area contributed by atoms with Gasteiger partial charge in [0.05, 0.1) is 15.2 Å². The number of aryl methyl sites for hydroxylation is 1. The molecule has 0 amide bonds. The maximum absolute atomic E-state index is 4.78. The second kappa shape index (κ2) is 4.75. The lowest BCUT2D eigenvalue weighted by atomic mass is 10.0.